The maximum absolute atomic E-state index is 10.8. The number of carboxylic acids is 1. The molecule has 0 heterocycles. The molecule has 76 valence electrons. The van der Waals surface area contributed by atoms with Crippen LogP contribution in [0, 0.1) is 10.8 Å². The van der Waals surface area contributed by atoms with Gasteiger partial charge in [-0.05, 0) is 23.7 Å². The second-order valence-electron chi connectivity index (χ2n) is 5.31. The largest absolute Gasteiger partial charge is 0.481 e. The van der Waals surface area contributed by atoms with Crippen LogP contribution in [0.15, 0.2) is 0 Å². The number of hydrogen-bond acceptors (Lipinski definition) is 1. The monoisotopic (exact) mass is 184 g/mol. The van der Waals surface area contributed by atoms with E-state index in [0.717, 1.165) is 12.8 Å². The standard InChI is InChI=1S/C11H20O2/c1-10(2,3)11(8-9(12)13)6-4-5-7-11/h4-8H2,1-3H3,(H,12,13). The van der Waals surface area contributed by atoms with Crippen molar-refractivity contribution in [3.05, 3.63) is 0 Å². The van der Waals surface area contributed by atoms with Crippen LogP contribution in [-0.2, 0) is 4.79 Å². The number of aliphatic carboxylic acids is 1. The Labute approximate surface area is 80.3 Å². The molecule has 13 heavy (non-hydrogen) atoms. The van der Waals surface area contributed by atoms with E-state index < -0.39 is 5.97 Å². The molecule has 2 heteroatoms. The van der Waals surface area contributed by atoms with Gasteiger partial charge in [-0.25, -0.2) is 0 Å². The molecule has 1 aliphatic rings. The Hall–Kier alpha value is -0.530. The Bertz CT molecular complexity index is 195. The first-order valence-electron chi connectivity index (χ1n) is 5.09. The summed E-state index contributed by atoms with van der Waals surface area (Å²) >= 11 is 0. The highest BCUT2D eigenvalue weighted by Crippen LogP contribution is 2.53. The number of carbonyl (C=O) groups is 1. The van der Waals surface area contributed by atoms with Crippen LogP contribution in [0.5, 0.6) is 0 Å². The Morgan fingerprint density at radius 2 is 1.77 bits per heavy atom. The smallest absolute Gasteiger partial charge is 0.303 e. The quantitative estimate of drug-likeness (QED) is 0.716. The summed E-state index contributed by atoms with van der Waals surface area (Å²) in [5, 5.41) is 8.90. The van der Waals surface area contributed by atoms with Gasteiger partial charge in [0.05, 0.1) is 6.42 Å². The van der Waals surface area contributed by atoms with E-state index in [1.165, 1.54) is 12.8 Å². The average Bonchev–Trinajstić information content (AvgIpc) is 2.33. The number of rotatable bonds is 2. The van der Waals surface area contributed by atoms with Crippen molar-refractivity contribution in [3.8, 4) is 0 Å². The normalized spacial score (nSPS) is 21.8. The van der Waals surface area contributed by atoms with Gasteiger partial charge >= 0.3 is 5.97 Å². The first-order valence-corrected chi connectivity index (χ1v) is 5.09. The van der Waals surface area contributed by atoms with Crippen LogP contribution in [-0.4, -0.2) is 11.1 Å². The summed E-state index contributed by atoms with van der Waals surface area (Å²) in [7, 11) is 0. The summed E-state index contributed by atoms with van der Waals surface area (Å²) in [5.41, 5.74) is 0.181. The second-order valence-corrected chi connectivity index (χ2v) is 5.31. The van der Waals surface area contributed by atoms with E-state index >= 15 is 0 Å². The lowest BCUT2D eigenvalue weighted by atomic mass is 9.63. The highest BCUT2D eigenvalue weighted by Gasteiger charge is 2.45. The zero-order valence-corrected chi connectivity index (χ0v) is 8.89. The molecule has 0 bridgehead atoms. The molecule has 1 saturated carbocycles. The van der Waals surface area contributed by atoms with E-state index in [2.05, 4.69) is 20.8 Å². The van der Waals surface area contributed by atoms with Crippen molar-refractivity contribution in [2.24, 2.45) is 10.8 Å². The maximum Gasteiger partial charge on any atom is 0.303 e. The van der Waals surface area contributed by atoms with Crippen LogP contribution >= 0.6 is 0 Å². The predicted molar refractivity (Wildman–Crippen MR) is 52.6 cm³/mol. The van der Waals surface area contributed by atoms with Crippen molar-refractivity contribution in [2.45, 2.75) is 52.9 Å². The Morgan fingerprint density at radius 3 is 2.08 bits per heavy atom. The van der Waals surface area contributed by atoms with Crippen molar-refractivity contribution in [1.29, 1.82) is 0 Å². The van der Waals surface area contributed by atoms with Gasteiger partial charge in [0.2, 0.25) is 0 Å². The van der Waals surface area contributed by atoms with Crippen LogP contribution in [0.25, 0.3) is 0 Å². The fourth-order valence-corrected chi connectivity index (χ4v) is 2.53. The summed E-state index contributed by atoms with van der Waals surface area (Å²) in [6.45, 7) is 6.50. The molecule has 0 aromatic rings. The topological polar surface area (TPSA) is 37.3 Å². The summed E-state index contributed by atoms with van der Waals surface area (Å²) in [6, 6.07) is 0. The van der Waals surface area contributed by atoms with Crippen LogP contribution in [0.1, 0.15) is 52.9 Å². The lowest BCUT2D eigenvalue weighted by Crippen LogP contribution is -2.35. The molecule has 1 N–H and O–H groups in total. The van der Waals surface area contributed by atoms with Gasteiger partial charge in [-0.2, -0.15) is 0 Å². The minimum absolute atomic E-state index is 0.0544. The third kappa shape index (κ3) is 2.04. The van der Waals surface area contributed by atoms with Gasteiger partial charge in [0, 0.05) is 0 Å². The predicted octanol–water partition coefficient (Wildman–Crippen LogP) is 3.07. The van der Waals surface area contributed by atoms with Crippen LogP contribution in [0.4, 0.5) is 0 Å². The minimum Gasteiger partial charge on any atom is -0.481 e. The molecule has 0 amide bonds. The first-order chi connectivity index (χ1) is 5.87. The summed E-state index contributed by atoms with van der Waals surface area (Å²) in [5.74, 6) is -0.642. The Balaban J connectivity index is 2.81. The third-order valence-electron chi connectivity index (χ3n) is 3.64. The first kappa shape index (κ1) is 10.6. The fourth-order valence-electron chi connectivity index (χ4n) is 2.53. The number of hydrogen-bond donors (Lipinski definition) is 1. The minimum atomic E-state index is -0.642. The zero-order chi connectivity index (χ0) is 10.1. The fraction of sp³-hybridized carbons (Fsp3) is 0.909. The van der Waals surface area contributed by atoms with Crippen molar-refractivity contribution in [2.75, 3.05) is 0 Å². The van der Waals surface area contributed by atoms with Gasteiger partial charge in [-0.1, -0.05) is 33.6 Å². The zero-order valence-electron chi connectivity index (χ0n) is 8.89. The van der Waals surface area contributed by atoms with E-state index in [4.69, 9.17) is 5.11 Å². The Kier molecular flexibility index (Phi) is 2.69. The van der Waals surface area contributed by atoms with Crippen LogP contribution < -0.4 is 0 Å². The maximum atomic E-state index is 10.8. The van der Waals surface area contributed by atoms with Gasteiger partial charge in [-0.3, -0.25) is 4.79 Å². The third-order valence-corrected chi connectivity index (χ3v) is 3.64. The van der Waals surface area contributed by atoms with E-state index in [0.29, 0.717) is 6.42 Å². The molecule has 0 radical (unpaired) electrons. The number of carboxylic acid groups (broad SMARTS) is 1. The summed E-state index contributed by atoms with van der Waals surface area (Å²) in [6.07, 6.45) is 4.91. The average molecular weight is 184 g/mol. The molecule has 0 aromatic carbocycles. The van der Waals surface area contributed by atoms with Gasteiger partial charge in [0.1, 0.15) is 0 Å². The summed E-state index contributed by atoms with van der Waals surface area (Å²) < 4.78 is 0. The highest BCUT2D eigenvalue weighted by molar-refractivity contribution is 5.68. The molecule has 1 fully saturated rings. The molecular weight excluding hydrogens is 164 g/mol. The van der Waals surface area contributed by atoms with Crippen LogP contribution in [0.2, 0.25) is 0 Å². The van der Waals surface area contributed by atoms with Crippen LogP contribution in [0.3, 0.4) is 0 Å². The molecule has 0 saturated heterocycles. The molecule has 0 aromatic heterocycles. The molecule has 0 aliphatic heterocycles. The van der Waals surface area contributed by atoms with Gasteiger partial charge in [0.25, 0.3) is 0 Å². The molecule has 0 unspecified atom stereocenters. The van der Waals surface area contributed by atoms with E-state index in [1.807, 2.05) is 0 Å². The SMILES string of the molecule is CC(C)(C)C1(CC(=O)O)CCCC1. The molecule has 2 nitrogen and oxygen atoms in total. The molecular formula is C11H20O2. The van der Waals surface area contributed by atoms with Gasteiger partial charge < -0.3 is 5.11 Å². The lowest BCUT2D eigenvalue weighted by Gasteiger charge is -2.41. The lowest BCUT2D eigenvalue weighted by molar-refractivity contribution is -0.142. The molecule has 1 rings (SSSR count). The highest BCUT2D eigenvalue weighted by atomic mass is 16.4. The van der Waals surface area contributed by atoms with Gasteiger partial charge in [-0.15, -0.1) is 0 Å². The second kappa shape index (κ2) is 3.32. The van der Waals surface area contributed by atoms with Crippen molar-refractivity contribution < 1.29 is 9.90 Å². The van der Waals surface area contributed by atoms with Crippen molar-refractivity contribution >= 4 is 5.97 Å². The molecule has 1 aliphatic carbocycles. The van der Waals surface area contributed by atoms with E-state index in [1.54, 1.807) is 0 Å². The van der Waals surface area contributed by atoms with E-state index in [-0.39, 0.29) is 10.8 Å². The summed E-state index contributed by atoms with van der Waals surface area (Å²) in [4.78, 5) is 10.8. The molecule has 0 spiro atoms. The van der Waals surface area contributed by atoms with Crippen molar-refractivity contribution in [3.63, 3.8) is 0 Å². The van der Waals surface area contributed by atoms with Crippen molar-refractivity contribution in [1.82, 2.24) is 0 Å². The Morgan fingerprint density at radius 1 is 1.31 bits per heavy atom. The van der Waals surface area contributed by atoms with E-state index in [9.17, 15) is 4.79 Å². The molecule has 0 atom stereocenters. The van der Waals surface area contributed by atoms with Gasteiger partial charge in [0.15, 0.2) is 0 Å².